The second kappa shape index (κ2) is 11.5. The summed E-state index contributed by atoms with van der Waals surface area (Å²) in [7, 11) is -10.7. The Hall–Kier alpha value is -0.560. The number of hydrogen-bond donors (Lipinski definition) is 1. The van der Waals surface area contributed by atoms with Crippen LogP contribution in [0.25, 0.3) is 0 Å². The van der Waals surface area contributed by atoms with Crippen LogP contribution in [0, 0.1) is 5.92 Å². The molecule has 188 valence electrons. The van der Waals surface area contributed by atoms with Crippen LogP contribution in [0.2, 0.25) is 0 Å². The summed E-state index contributed by atoms with van der Waals surface area (Å²) in [4.78, 5) is 2.41. The third kappa shape index (κ3) is 16.7. The quantitative estimate of drug-likeness (QED) is 0.246. The van der Waals surface area contributed by atoms with Crippen LogP contribution >= 0.6 is 7.81 Å². The molecule has 0 spiro atoms. The normalized spacial score (nSPS) is 23.5. The molecule has 1 heterocycles. The fraction of sp³-hybridized carbons (Fsp3) is 0.952. The monoisotopic (exact) mass is 482 g/mol. The average molecular weight is 483 g/mol. The molecule has 0 aromatic rings. The first-order valence-electron chi connectivity index (χ1n) is 11.7. The Balaban J connectivity index is 0.000000592. The van der Waals surface area contributed by atoms with Crippen molar-refractivity contribution in [1.29, 1.82) is 0 Å². The van der Waals surface area contributed by atoms with Gasteiger partial charge in [0.25, 0.3) is 0 Å². The Morgan fingerprint density at radius 2 is 1.29 bits per heavy atom. The summed E-state index contributed by atoms with van der Waals surface area (Å²) in [5.41, 5.74) is 0. The van der Waals surface area contributed by atoms with E-state index in [9.17, 15) is 30.3 Å². The number of hydrogen-bond acceptors (Lipinski definition) is 2. The average Bonchev–Trinajstić information content (AvgIpc) is 3.07. The number of aliphatic hydroxyl groups excluding tert-OH is 1. The Bertz CT molecular complexity index is 530. The van der Waals surface area contributed by atoms with Gasteiger partial charge in [-0.1, -0.05) is 58.8 Å². The first-order chi connectivity index (χ1) is 14.2. The standard InChI is InChI=1S/C21H41N2O.F6P/c1-19(2)16-21(17-24)23-15-14-22(18-23)20-12-10-8-6-4-3-5-7-9-11-13-20;1-7(2,3,4,5)6/h18-21,24H,3-17H2,1-2H3;/q+1;-1/t21-;/m0./s1. The topological polar surface area (TPSA) is 26.5 Å². The molecule has 1 N–H and O–H groups in total. The molecule has 1 atom stereocenters. The fourth-order valence-corrected chi connectivity index (χ4v) is 4.42. The maximum absolute atomic E-state index is 10.7. The van der Waals surface area contributed by atoms with Crippen LogP contribution in [-0.4, -0.2) is 52.7 Å². The maximum atomic E-state index is 9.87. The molecule has 2 rings (SSSR count). The minimum atomic E-state index is -10.7. The number of nitrogens with zero attached hydrogens (tertiary/aromatic N) is 2. The fourth-order valence-electron chi connectivity index (χ4n) is 4.42. The summed E-state index contributed by atoms with van der Waals surface area (Å²) < 4.78 is 61.8. The van der Waals surface area contributed by atoms with E-state index in [1.165, 1.54) is 70.6 Å². The van der Waals surface area contributed by atoms with Gasteiger partial charge < -0.3 is 5.11 Å². The van der Waals surface area contributed by atoms with Crippen molar-refractivity contribution in [2.24, 2.45) is 5.92 Å². The van der Waals surface area contributed by atoms with Crippen LogP contribution in [0.15, 0.2) is 0 Å². The molecule has 10 heteroatoms. The Morgan fingerprint density at radius 1 is 0.871 bits per heavy atom. The van der Waals surface area contributed by atoms with Crippen molar-refractivity contribution in [2.45, 2.75) is 103 Å². The van der Waals surface area contributed by atoms with Crippen molar-refractivity contribution in [2.75, 3.05) is 19.7 Å². The van der Waals surface area contributed by atoms with E-state index >= 15 is 0 Å². The molecule has 0 radical (unpaired) electrons. The van der Waals surface area contributed by atoms with Gasteiger partial charge in [-0.15, -0.1) is 0 Å². The molecule has 1 aliphatic heterocycles. The van der Waals surface area contributed by atoms with E-state index in [1.54, 1.807) is 0 Å². The second-order valence-corrected chi connectivity index (χ2v) is 11.3. The van der Waals surface area contributed by atoms with Crippen molar-refractivity contribution in [1.82, 2.24) is 4.90 Å². The summed E-state index contributed by atoms with van der Waals surface area (Å²) in [6, 6.07) is 1.04. The van der Waals surface area contributed by atoms with E-state index in [-0.39, 0.29) is 6.61 Å². The summed E-state index contributed by atoms with van der Waals surface area (Å²) in [6.45, 7) is 7.04. The van der Waals surface area contributed by atoms with Crippen LogP contribution in [-0.2, 0) is 0 Å². The molecule has 0 saturated heterocycles. The zero-order valence-electron chi connectivity index (χ0n) is 19.0. The van der Waals surface area contributed by atoms with E-state index in [4.69, 9.17) is 0 Å². The predicted octanol–water partition coefficient (Wildman–Crippen LogP) is 7.81. The third-order valence-corrected chi connectivity index (χ3v) is 5.88. The molecular weight excluding hydrogens is 441 g/mol. The van der Waals surface area contributed by atoms with E-state index < -0.39 is 7.81 Å². The van der Waals surface area contributed by atoms with E-state index in [0.29, 0.717) is 12.0 Å². The van der Waals surface area contributed by atoms with Gasteiger partial charge in [-0.05, 0) is 38.0 Å². The molecular formula is C21H41F6N2OP. The molecule has 1 saturated carbocycles. The molecule has 0 aromatic heterocycles. The van der Waals surface area contributed by atoms with Gasteiger partial charge >= 0.3 is 33.0 Å². The van der Waals surface area contributed by atoms with Gasteiger partial charge in [0, 0.05) is 0 Å². The van der Waals surface area contributed by atoms with E-state index in [1.807, 2.05) is 0 Å². The summed E-state index contributed by atoms with van der Waals surface area (Å²) >= 11 is 0. The van der Waals surface area contributed by atoms with Crippen molar-refractivity contribution in [3.05, 3.63) is 0 Å². The first kappa shape index (κ1) is 28.5. The van der Waals surface area contributed by atoms with Gasteiger partial charge in [-0.25, -0.2) is 0 Å². The molecule has 2 aliphatic rings. The third-order valence-electron chi connectivity index (χ3n) is 5.88. The molecule has 3 nitrogen and oxygen atoms in total. The second-order valence-electron chi connectivity index (χ2n) is 9.43. The number of halogens is 6. The summed E-state index contributed by atoms with van der Waals surface area (Å²) in [5.74, 6) is 0.644. The summed E-state index contributed by atoms with van der Waals surface area (Å²) in [5, 5.41) is 9.76. The van der Waals surface area contributed by atoms with Crippen LogP contribution in [0.5, 0.6) is 0 Å². The molecule has 1 aliphatic carbocycles. The molecule has 0 bridgehead atoms. The van der Waals surface area contributed by atoms with Gasteiger partial charge in [0.05, 0.1) is 12.6 Å². The molecule has 0 amide bonds. The van der Waals surface area contributed by atoms with E-state index in [2.05, 4.69) is 29.7 Å². The van der Waals surface area contributed by atoms with Crippen molar-refractivity contribution >= 4 is 14.1 Å². The van der Waals surface area contributed by atoms with Crippen LogP contribution in [0.1, 0.15) is 90.9 Å². The van der Waals surface area contributed by atoms with Gasteiger partial charge in [-0.3, -0.25) is 9.48 Å². The zero-order chi connectivity index (χ0) is 23.6. The zero-order valence-corrected chi connectivity index (χ0v) is 19.9. The van der Waals surface area contributed by atoms with Crippen molar-refractivity contribution in [3.8, 4) is 0 Å². The van der Waals surface area contributed by atoms with Gasteiger partial charge in [0.2, 0.25) is 6.34 Å². The van der Waals surface area contributed by atoms with Crippen molar-refractivity contribution < 1.29 is 34.9 Å². The molecule has 31 heavy (non-hydrogen) atoms. The van der Waals surface area contributed by atoms with Gasteiger partial charge in [-0.2, -0.15) is 0 Å². The minimum absolute atomic E-state index is 0.285. The van der Waals surface area contributed by atoms with E-state index in [0.717, 1.165) is 25.6 Å². The first-order valence-corrected chi connectivity index (χ1v) is 13.7. The summed E-state index contributed by atoms with van der Waals surface area (Å²) in [6.07, 6.45) is 19.0. The Labute approximate surface area is 183 Å². The SMILES string of the molecule is CC(C)C[C@@H](CO)N1C=[N+](C2CCCCCCCCCCC2)CC1.F[P-](F)(F)(F)(F)F. The molecule has 0 unspecified atom stereocenters. The van der Waals surface area contributed by atoms with Crippen LogP contribution in [0.3, 0.4) is 0 Å². The van der Waals surface area contributed by atoms with Crippen LogP contribution in [0.4, 0.5) is 25.2 Å². The van der Waals surface area contributed by atoms with Gasteiger partial charge in [0.15, 0.2) is 0 Å². The van der Waals surface area contributed by atoms with Crippen molar-refractivity contribution in [3.63, 3.8) is 0 Å². The van der Waals surface area contributed by atoms with Crippen LogP contribution < -0.4 is 0 Å². The Morgan fingerprint density at radius 3 is 1.68 bits per heavy atom. The van der Waals surface area contributed by atoms with Gasteiger partial charge in [0.1, 0.15) is 19.1 Å². The number of aliphatic hydroxyl groups is 1. The number of rotatable bonds is 5. The molecule has 0 aromatic carbocycles. The molecule has 1 fully saturated rings. The Kier molecular flexibility index (Phi) is 10.6. The predicted molar refractivity (Wildman–Crippen MR) is 116 cm³/mol.